The highest BCUT2D eigenvalue weighted by atomic mass is 16.5. The molecule has 0 spiro atoms. The zero-order valence-corrected chi connectivity index (χ0v) is 15.3. The molecule has 0 unspecified atom stereocenters. The van der Waals surface area contributed by atoms with Gasteiger partial charge in [-0.3, -0.25) is 9.59 Å². The van der Waals surface area contributed by atoms with Crippen molar-refractivity contribution in [2.24, 2.45) is 5.92 Å². The van der Waals surface area contributed by atoms with Gasteiger partial charge in [-0.25, -0.2) is 4.79 Å². The molecule has 6 heteroatoms. The molecular weight excluding hydrogens is 346 g/mol. The molecule has 0 radical (unpaired) electrons. The molecule has 0 aromatic heterocycles. The van der Waals surface area contributed by atoms with Crippen LogP contribution in [0, 0.1) is 5.92 Å². The van der Waals surface area contributed by atoms with E-state index in [0.717, 1.165) is 12.1 Å². The predicted molar refractivity (Wildman–Crippen MR) is 99.7 cm³/mol. The van der Waals surface area contributed by atoms with Crippen molar-refractivity contribution < 1.29 is 23.9 Å². The highest BCUT2D eigenvalue weighted by Crippen LogP contribution is 2.27. The number of carbonyl (C=O) groups is 3. The van der Waals surface area contributed by atoms with E-state index in [1.54, 1.807) is 4.90 Å². The van der Waals surface area contributed by atoms with Gasteiger partial charge in [0.25, 0.3) is 0 Å². The molecule has 1 aliphatic rings. The highest BCUT2D eigenvalue weighted by Gasteiger charge is 2.36. The summed E-state index contributed by atoms with van der Waals surface area (Å²) >= 11 is 0. The van der Waals surface area contributed by atoms with E-state index in [1.165, 1.54) is 36.9 Å². The van der Waals surface area contributed by atoms with Gasteiger partial charge in [0.15, 0.2) is 0 Å². The van der Waals surface area contributed by atoms with E-state index in [1.807, 2.05) is 24.3 Å². The third-order valence-corrected chi connectivity index (χ3v) is 4.61. The maximum Gasteiger partial charge on any atom is 0.337 e. The van der Waals surface area contributed by atoms with E-state index in [9.17, 15) is 14.4 Å². The number of methoxy groups -OCH3 is 1. The summed E-state index contributed by atoms with van der Waals surface area (Å²) < 4.78 is 9.99. The monoisotopic (exact) mass is 367 g/mol. The zero-order valence-electron chi connectivity index (χ0n) is 15.3. The Morgan fingerprint density at radius 3 is 2.33 bits per heavy atom. The Bertz CT molecular complexity index is 842. The number of esters is 2. The van der Waals surface area contributed by atoms with Gasteiger partial charge in [0.2, 0.25) is 5.91 Å². The van der Waals surface area contributed by atoms with Crippen molar-refractivity contribution in [3.05, 3.63) is 59.7 Å². The molecule has 1 aliphatic heterocycles. The summed E-state index contributed by atoms with van der Waals surface area (Å²) in [6, 6.07) is 13.9. The van der Waals surface area contributed by atoms with E-state index >= 15 is 0 Å². The van der Waals surface area contributed by atoms with Crippen LogP contribution in [0.5, 0.6) is 5.75 Å². The van der Waals surface area contributed by atoms with Crippen LogP contribution in [0.3, 0.4) is 0 Å². The highest BCUT2D eigenvalue weighted by molar-refractivity contribution is 5.99. The molecule has 0 bridgehead atoms. The standard InChI is InChI=1S/C21H21NO5/c1-3-14-4-8-17(9-5-14)22-13-16(12-19(22)23)21(25)27-18-10-6-15(7-11-18)20(24)26-2/h4-11,16H,3,12-13H2,1-2H3/t16-/m0/s1. The normalized spacial score (nSPS) is 16.3. The summed E-state index contributed by atoms with van der Waals surface area (Å²) in [7, 11) is 1.30. The Balaban J connectivity index is 1.64. The molecule has 0 saturated carbocycles. The van der Waals surface area contributed by atoms with Crippen molar-refractivity contribution in [1.29, 1.82) is 0 Å². The van der Waals surface area contributed by atoms with Crippen molar-refractivity contribution in [2.75, 3.05) is 18.6 Å². The first kappa shape index (κ1) is 18.6. The molecule has 27 heavy (non-hydrogen) atoms. The third kappa shape index (κ3) is 4.16. The number of benzene rings is 2. The van der Waals surface area contributed by atoms with Gasteiger partial charge < -0.3 is 14.4 Å². The summed E-state index contributed by atoms with van der Waals surface area (Å²) in [5.74, 6) is -1.21. The first-order chi connectivity index (χ1) is 13.0. The minimum Gasteiger partial charge on any atom is -0.465 e. The smallest absolute Gasteiger partial charge is 0.337 e. The minimum atomic E-state index is -0.524. The second-order valence-electron chi connectivity index (χ2n) is 6.36. The van der Waals surface area contributed by atoms with Gasteiger partial charge in [-0.15, -0.1) is 0 Å². The van der Waals surface area contributed by atoms with Gasteiger partial charge in [-0.2, -0.15) is 0 Å². The first-order valence-corrected chi connectivity index (χ1v) is 8.81. The average Bonchev–Trinajstić information content (AvgIpc) is 3.10. The van der Waals surface area contributed by atoms with Crippen LogP contribution in [0.15, 0.2) is 48.5 Å². The minimum absolute atomic E-state index is 0.0952. The lowest BCUT2D eigenvalue weighted by atomic mass is 10.1. The molecular formula is C21H21NO5. The quantitative estimate of drug-likeness (QED) is 0.600. The second-order valence-corrected chi connectivity index (χ2v) is 6.36. The molecule has 0 aliphatic carbocycles. The van der Waals surface area contributed by atoms with Gasteiger partial charge in [0, 0.05) is 18.7 Å². The van der Waals surface area contributed by atoms with Crippen LogP contribution in [0.2, 0.25) is 0 Å². The van der Waals surface area contributed by atoms with E-state index in [0.29, 0.717) is 17.9 Å². The molecule has 1 heterocycles. The summed E-state index contributed by atoms with van der Waals surface area (Å²) in [6.07, 6.45) is 1.05. The fourth-order valence-corrected chi connectivity index (χ4v) is 3.00. The maximum absolute atomic E-state index is 12.4. The van der Waals surface area contributed by atoms with Crippen LogP contribution in [0.4, 0.5) is 5.69 Å². The number of aryl methyl sites for hydroxylation is 1. The molecule has 0 N–H and O–H groups in total. The summed E-state index contributed by atoms with van der Waals surface area (Å²) in [4.78, 5) is 37.8. The number of hydrogen-bond donors (Lipinski definition) is 0. The maximum atomic E-state index is 12.4. The van der Waals surface area contributed by atoms with E-state index in [4.69, 9.17) is 4.74 Å². The Morgan fingerprint density at radius 2 is 1.74 bits per heavy atom. The number of nitrogens with zero attached hydrogens (tertiary/aromatic N) is 1. The number of carbonyl (C=O) groups excluding carboxylic acids is 3. The van der Waals surface area contributed by atoms with Crippen LogP contribution in [0.1, 0.15) is 29.3 Å². The summed E-state index contributed by atoms with van der Waals surface area (Å²) in [5, 5.41) is 0. The molecule has 140 valence electrons. The Kier molecular flexibility index (Phi) is 5.54. The number of hydrogen-bond acceptors (Lipinski definition) is 5. The Morgan fingerprint density at radius 1 is 1.07 bits per heavy atom. The molecule has 1 fully saturated rings. The molecule has 1 atom stereocenters. The van der Waals surface area contributed by atoms with Crippen molar-refractivity contribution >= 4 is 23.5 Å². The number of anilines is 1. The van der Waals surface area contributed by atoms with Gasteiger partial charge in [0.1, 0.15) is 5.75 Å². The van der Waals surface area contributed by atoms with Crippen LogP contribution >= 0.6 is 0 Å². The van der Waals surface area contributed by atoms with Gasteiger partial charge in [-0.1, -0.05) is 19.1 Å². The average molecular weight is 367 g/mol. The Labute approximate surface area is 157 Å². The fraction of sp³-hybridized carbons (Fsp3) is 0.286. The number of rotatable bonds is 5. The van der Waals surface area contributed by atoms with Gasteiger partial charge >= 0.3 is 11.9 Å². The lowest BCUT2D eigenvalue weighted by molar-refractivity contribution is -0.139. The van der Waals surface area contributed by atoms with Crippen LogP contribution < -0.4 is 9.64 Å². The second kappa shape index (κ2) is 8.03. The lowest BCUT2D eigenvalue weighted by Gasteiger charge is -2.17. The van der Waals surface area contributed by atoms with Crippen molar-refractivity contribution in [1.82, 2.24) is 0 Å². The first-order valence-electron chi connectivity index (χ1n) is 8.81. The fourth-order valence-electron chi connectivity index (χ4n) is 3.00. The zero-order chi connectivity index (χ0) is 19.4. The van der Waals surface area contributed by atoms with Crippen LogP contribution in [-0.2, 0) is 20.7 Å². The van der Waals surface area contributed by atoms with Crippen LogP contribution in [0.25, 0.3) is 0 Å². The summed E-state index contributed by atoms with van der Waals surface area (Å²) in [5.41, 5.74) is 2.35. The van der Waals surface area contributed by atoms with Crippen molar-refractivity contribution in [3.63, 3.8) is 0 Å². The van der Waals surface area contributed by atoms with E-state index in [2.05, 4.69) is 11.7 Å². The molecule has 1 saturated heterocycles. The van der Waals surface area contributed by atoms with Gasteiger partial charge in [0.05, 0.1) is 18.6 Å². The Hall–Kier alpha value is -3.15. The van der Waals surface area contributed by atoms with Gasteiger partial charge in [-0.05, 0) is 48.4 Å². The molecule has 2 aromatic carbocycles. The predicted octanol–water partition coefficient (Wildman–Crippen LogP) is 2.99. The SMILES string of the molecule is CCc1ccc(N2C[C@@H](C(=O)Oc3ccc(C(=O)OC)cc3)CC2=O)cc1. The molecule has 2 aromatic rings. The largest absolute Gasteiger partial charge is 0.465 e. The van der Waals surface area contributed by atoms with E-state index in [-0.39, 0.29) is 12.3 Å². The lowest BCUT2D eigenvalue weighted by Crippen LogP contribution is -2.27. The van der Waals surface area contributed by atoms with Crippen LogP contribution in [-0.4, -0.2) is 31.5 Å². The molecule has 1 amide bonds. The molecule has 3 rings (SSSR count). The molecule has 6 nitrogen and oxygen atoms in total. The van der Waals surface area contributed by atoms with Crippen molar-refractivity contribution in [2.45, 2.75) is 19.8 Å². The number of ether oxygens (including phenoxy) is 2. The van der Waals surface area contributed by atoms with E-state index < -0.39 is 17.9 Å². The topological polar surface area (TPSA) is 72.9 Å². The summed E-state index contributed by atoms with van der Waals surface area (Å²) in [6.45, 7) is 2.36. The van der Waals surface area contributed by atoms with Crippen molar-refractivity contribution in [3.8, 4) is 5.75 Å². The number of amides is 1. The third-order valence-electron chi connectivity index (χ3n) is 4.61.